The predicted octanol–water partition coefficient (Wildman–Crippen LogP) is 1.75. The zero-order chi connectivity index (χ0) is 14.4. The molecule has 0 aliphatic carbocycles. The number of aromatic nitrogens is 5. The number of hydrogen-bond donors (Lipinski definition) is 1. The van der Waals surface area contributed by atoms with Gasteiger partial charge in [0.1, 0.15) is 0 Å². The second-order valence-electron chi connectivity index (χ2n) is 5.51. The molecular weight excluding hydrogens is 272 g/mol. The third kappa shape index (κ3) is 4.90. The molecule has 0 amide bonds. The van der Waals surface area contributed by atoms with Crippen LogP contribution in [0.2, 0.25) is 0 Å². The van der Waals surface area contributed by atoms with Crippen molar-refractivity contribution in [1.82, 2.24) is 30.5 Å². The zero-order valence-electron chi connectivity index (χ0n) is 12.1. The van der Waals surface area contributed by atoms with Crippen LogP contribution >= 0.6 is 11.8 Å². The van der Waals surface area contributed by atoms with Crippen LogP contribution in [-0.4, -0.2) is 37.3 Å². The minimum Gasteiger partial charge on any atom is -0.310 e. The first kappa shape index (κ1) is 14.9. The number of tetrazole rings is 1. The molecule has 0 bridgehead atoms. The molecule has 0 atom stereocenters. The molecule has 0 spiro atoms. The number of nitrogens with one attached hydrogen (secondary N) is 1. The van der Waals surface area contributed by atoms with E-state index in [1.54, 1.807) is 24.2 Å². The lowest BCUT2D eigenvalue weighted by Gasteiger charge is -2.20. The van der Waals surface area contributed by atoms with E-state index in [9.17, 15) is 0 Å². The molecule has 0 aliphatic rings. The Morgan fingerprint density at radius 1 is 1.25 bits per heavy atom. The Morgan fingerprint density at radius 2 is 2.00 bits per heavy atom. The van der Waals surface area contributed by atoms with Crippen LogP contribution < -0.4 is 5.32 Å². The molecule has 0 aromatic carbocycles. The lowest BCUT2D eigenvalue weighted by atomic mass is 10.1. The zero-order valence-corrected chi connectivity index (χ0v) is 12.9. The Bertz CT molecular complexity index is 519. The highest BCUT2D eigenvalue weighted by Gasteiger charge is 2.10. The summed E-state index contributed by atoms with van der Waals surface area (Å²) in [6, 6.07) is 4.00. The summed E-state index contributed by atoms with van der Waals surface area (Å²) >= 11 is 1.64. The van der Waals surface area contributed by atoms with Gasteiger partial charge in [-0.3, -0.25) is 4.98 Å². The number of nitrogens with zero attached hydrogens (tertiary/aromatic N) is 5. The summed E-state index contributed by atoms with van der Waals surface area (Å²) in [6.45, 7) is 8.05. The van der Waals surface area contributed by atoms with E-state index < -0.39 is 0 Å². The van der Waals surface area contributed by atoms with Crippen molar-refractivity contribution in [3.05, 3.63) is 30.1 Å². The minimum atomic E-state index is 0.109. The van der Waals surface area contributed by atoms with E-state index in [1.165, 1.54) is 5.56 Å². The molecule has 1 N–H and O–H groups in total. The Balaban J connectivity index is 1.85. The summed E-state index contributed by atoms with van der Waals surface area (Å²) in [7, 11) is 0. The molecule has 20 heavy (non-hydrogen) atoms. The maximum atomic E-state index is 4.07. The summed E-state index contributed by atoms with van der Waals surface area (Å²) < 4.78 is 1.84. The van der Waals surface area contributed by atoms with E-state index in [-0.39, 0.29) is 5.54 Å². The van der Waals surface area contributed by atoms with E-state index in [2.05, 4.69) is 46.6 Å². The molecule has 0 radical (unpaired) electrons. The van der Waals surface area contributed by atoms with Gasteiger partial charge in [-0.15, -0.1) is 5.10 Å². The van der Waals surface area contributed by atoms with Gasteiger partial charge in [0, 0.05) is 30.2 Å². The van der Waals surface area contributed by atoms with Crippen LogP contribution in [0, 0.1) is 0 Å². The lowest BCUT2D eigenvalue weighted by molar-refractivity contribution is 0.396. The fourth-order valence-corrected chi connectivity index (χ4v) is 2.46. The van der Waals surface area contributed by atoms with Gasteiger partial charge in [0.05, 0.1) is 6.54 Å². The number of pyridine rings is 1. The fraction of sp³-hybridized carbons (Fsp3) is 0.538. The molecule has 6 nitrogen and oxygen atoms in total. The van der Waals surface area contributed by atoms with Crippen molar-refractivity contribution in [2.45, 2.75) is 43.8 Å². The van der Waals surface area contributed by atoms with Crippen molar-refractivity contribution in [3.63, 3.8) is 0 Å². The van der Waals surface area contributed by atoms with Crippen LogP contribution in [-0.2, 0) is 12.3 Å². The van der Waals surface area contributed by atoms with Crippen LogP contribution in [0.25, 0.3) is 0 Å². The molecule has 0 saturated carbocycles. The van der Waals surface area contributed by atoms with Crippen molar-refractivity contribution in [2.75, 3.05) is 6.54 Å². The van der Waals surface area contributed by atoms with Gasteiger partial charge in [-0.05, 0) is 48.9 Å². The van der Waals surface area contributed by atoms with Crippen molar-refractivity contribution in [1.29, 1.82) is 0 Å². The molecule has 2 aromatic heterocycles. The number of hydrogen-bond acceptors (Lipinski definition) is 6. The summed E-state index contributed by atoms with van der Waals surface area (Å²) in [6.07, 6.45) is 3.60. The van der Waals surface area contributed by atoms with Crippen molar-refractivity contribution < 1.29 is 0 Å². The van der Waals surface area contributed by atoms with Crippen molar-refractivity contribution >= 4 is 11.8 Å². The Hall–Kier alpha value is -1.47. The largest absolute Gasteiger partial charge is 0.310 e. The Labute approximate surface area is 123 Å². The lowest BCUT2D eigenvalue weighted by Crippen LogP contribution is -2.38. The molecule has 108 valence electrons. The molecule has 2 aromatic rings. The van der Waals surface area contributed by atoms with E-state index in [1.807, 2.05) is 16.8 Å². The second-order valence-corrected chi connectivity index (χ2v) is 6.45. The third-order valence-electron chi connectivity index (χ3n) is 2.60. The third-order valence-corrected chi connectivity index (χ3v) is 3.62. The predicted molar refractivity (Wildman–Crippen MR) is 79.4 cm³/mol. The summed E-state index contributed by atoms with van der Waals surface area (Å²) in [5, 5.41) is 16.1. The molecule has 2 rings (SSSR count). The average molecular weight is 292 g/mol. The van der Waals surface area contributed by atoms with Crippen molar-refractivity contribution in [2.24, 2.45) is 0 Å². The molecule has 0 unspecified atom stereocenters. The van der Waals surface area contributed by atoms with Gasteiger partial charge in [0.2, 0.25) is 5.16 Å². The highest BCUT2D eigenvalue weighted by Crippen LogP contribution is 2.19. The average Bonchev–Trinajstić information content (AvgIpc) is 2.84. The van der Waals surface area contributed by atoms with Gasteiger partial charge < -0.3 is 5.32 Å². The first-order chi connectivity index (χ1) is 9.54. The van der Waals surface area contributed by atoms with Gasteiger partial charge >= 0.3 is 0 Å². The van der Waals surface area contributed by atoms with Gasteiger partial charge in [0.15, 0.2) is 0 Å². The number of thioether (sulfide) groups is 1. The summed E-state index contributed by atoms with van der Waals surface area (Å²) in [4.78, 5) is 4.01. The van der Waals surface area contributed by atoms with Crippen LogP contribution in [0.3, 0.4) is 0 Å². The van der Waals surface area contributed by atoms with E-state index in [4.69, 9.17) is 0 Å². The molecular formula is C13H20N6S. The fourth-order valence-electron chi connectivity index (χ4n) is 1.60. The van der Waals surface area contributed by atoms with Gasteiger partial charge in [-0.25, -0.2) is 4.68 Å². The second kappa shape index (κ2) is 6.81. The topological polar surface area (TPSA) is 68.5 Å². The maximum Gasteiger partial charge on any atom is 0.209 e. The Morgan fingerprint density at radius 3 is 2.70 bits per heavy atom. The van der Waals surface area contributed by atoms with Crippen molar-refractivity contribution in [3.8, 4) is 0 Å². The normalized spacial score (nSPS) is 11.8. The highest BCUT2D eigenvalue weighted by molar-refractivity contribution is 7.98. The summed E-state index contributed by atoms with van der Waals surface area (Å²) in [5.74, 6) is 0.843. The van der Waals surface area contributed by atoms with Crippen LogP contribution in [0.15, 0.2) is 29.7 Å². The molecule has 2 heterocycles. The monoisotopic (exact) mass is 292 g/mol. The molecule has 7 heteroatoms. The van der Waals surface area contributed by atoms with Crippen LogP contribution in [0.1, 0.15) is 26.3 Å². The maximum absolute atomic E-state index is 4.07. The standard InChI is InChI=1S/C13H20N6S/c1-13(2,3)15-8-9-19-12(16-17-18-19)20-10-11-4-6-14-7-5-11/h4-7,15H,8-10H2,1-3H3. The van der Waals surface area contributed by atoms with Gasteiger partial charge in [-0.2, -0.15) is 0 Å². The van der Waals surface area contributed by atoms with Crippen LogP contribution in [0.5, 0.6) is 0 Å². The smallest absolute Gasteiger partial charge is 0.209 e. The van der Waals surface area contributed by atoms with Crippen LogP contribution in [0.4, 0.5) is 0 Å². The summed E-state index contributed by atoms with van der Waals surface area (Å²) in [5.41, 5.74) is 1.32. The highest BCUT2D eigenvalue weighted by atomic mass is 32.2. The van der Waals surface area contributed by atoms with E-state index >= 15 is 0 Å². The molecule has 0 aliphatic heterocycles. The molecule has 0 fully saturated rings. The quantitative estimate of drug-likeness (QED) is 0.818. The molecule has 0 saturated heterocycles. The van der Waals surface area contributed by atoms with E-state index in [0.717, 1.165) is 24.0 Å². The Kier molecular flexibility index (Phi) is 5.08. The SMILES string of the molecule is CC(C)(C)NCCn1nnnc1SCc1ccncc1. The minimum absolute atomic E-state index is 0.109. The van der Waals surface area contributed by atoms with E-state index in [0.29, 0.717) is 0 Å². The first-order valence-corrected chi connectivity index (χ1v) is 7.56. The van der Waals surface area contributed by atoms with Gasteiger partial charge in [0.25, 0.3) is 0 Å². The number of rotatable bonds is 6. The van der Waals surface area contributed by atoms with Gasteiger partial charge in [-0.1, -0.05) is 11.8 Å². The first-order valence-electron chi connectivity index (χ1n) is 6.57.